The normalized spacial score (nSPS) is 19.1. The Morgan fingerprint density at radius 3 is 2.38 bits per heavy atom. The van der Waals surface area contributed by atoms with Crippen LogP contribution in [0.25, 0.3) is 0 Å². The summed E-state index contributed by atoms with van der Waals surface area (Å²) in [6.07, 6.45) is -3.49. The Bertz CT molecular complexity index is 1300. The monoisotopic (exact) mass is 490 g/mol. The van der Waals surface area contributed by atoms with Crippen LogP contribution < -0.4 is 11.1 Å². The van der Waals surface area contributed by atoms with Crippen LogP contribution in [0.2, 0.25) is 0 Å². The van der Waals surface area contributed by atoms with Crippen LogP contribution in [0.15, 0.2) is 77.8 Å². The third-order valence-corrected chi connectivity index (χ3v) is 7.59. The van der Waals surface area contributed by atoms with E-state index in [0.717, 1.165) is 23.9 Å². The molecule has 1 amide bonds. The lowest BCUT2D eigenvalue weighted by molar-refractivity contribution is -0.137. The maximum atomic E-state index is 13.4. The smallest absolute Gasteiger partial charge is 0.366 e. The molecule has 4 rings (SSSR count). The van der Waals surface area contributed by atoms with Gasteiger partial charge in [0.2, 0.25) is 15.9 Å². The number of anilines is 1. The molecule has 0 spiro atoms. The van der Waals surface area contributed by atoms with Crippen molar-refractivity contribution in [2.75, 3.05) is 18.4 Å². The summed E-state index contributed by atoms with van der Waals surface area (Å²) in [4.78, 5) is 15.6. The van der Waals surface area contributed by atoms with Crippen molar-refractivity contribution in [3.05, 3.63) is 89.6 Å². The minimum atomic E-state index is -4.54. The number of rotatable bonds is 6. The molecule has 0 saturated carbocycles. The Morgan fingerprint density at radius 2 is 1.71 bits per heavy atom. The van der Waals surface area contributed by atoms with E-state index in [4.69, 9.17) is 5.73 Å². The molecular formula is C23H21F3N4O3S. The molecule has 1 fully saturated rings. The van der Waals surface area contributed by atoms with Gasteiger partial charge in [-0.25, -0.2) is 13.4 Å². The number of hydrogen-bond acceptors (Lipinski definition) is 5. The first kappa shape index (κ1) is 23.7. The van der Waals surface area contributed by atoms with Crippen LogP contribution in [-0.4, -0.2) is 42.7 Å². The number of sulfonamides is 1. The van der Waals surface area contributed by atoms with Crippen LogP contribution >= 0.6 is 0 Å². The second-order valence-corrected chi connectivity index (χ2v) is 9.78. The molecule has 2 unspecified atom stereocenters. The maximum Gasteiger partial charge on any atom is 0.416 e. The predicted octanol–water partition coefficient (Wildman–Crippen LogP) is 3.47. The summed E-state index contributed by atoms with van der Waals surface area (Å²) < 4.78 is 67.6. The van der Waals surface area contributed by atoms with Crippen molar-refractivity contribution in [1.82, 2.24) is 9.29 Å². The minimum absolute atomic E-state index is 0.0162. The minimum Gasteiger partial charge on any atom is -0.366 e. The number of hydrogen-bond donors (Lipinski definition) is 2. The second kappa shape index (κ2) is 9.07. The van der Waals surface area contributed by atoms with Gasteiger partial charge in [0.1, 0.15) is 5.82 Å². The second-order valence-electron chi connectivity index (χ2n) is 7.88. The lowest BCUT2D eigenvalue weighted by Crippen LogP contribution is -2.33. The van der Waals surface area contributed by atoms with E-state index in [9.17, 15) is 26.4 Å². The summed E-state index contributed by atoms with van der Waals surface area (Å²) in [5, 5.41) is 2.98. The molecule has 1 aliphatic rings. The van der Waals surface area contributed by atoms with Gasteiger partial charge in [0.15, 0.2) is 0 Å². The molecule has 1 aromatic heterocycles. The summed E-state index contributed by atoms with van der Waals surface area (Å²) in [7, 11) is -4.12. The van der Waals surface area contributed by atoms with Gasteiger partial charge in [0.05, 0.1) is 16.0 Å². The zero-order valence-electron chi connectivity index (χ0n) is 17.7. The molecule has 3 N–H and O–H groups in total. The first-order valence-electron chi connectivity index (χ1n) is 10.3. The number of benzene rings is 2. The summed E-state index contributed by atoms with van der Waals surface area (Å²) >= 11 is 0. The van der Waals surface area contributed by atoms with Gasteiger partial charge >= 0.3 is 6.18 Å². The average molecular weight is 491 g/mol. The van der Waals surface area contributed by atoms with Gasteiger partial charge in [0.25, 0.3) is 0 Å². The standard InChI is InChI=1S/C23H21F3N4O3S/c24-23(25,26)16-10-11-28-21(12-16)29-19-14-30(13-18(19)15-6-2-1-3-7-15)34(32,33)20-9-5-4-8-17(20)22(27)31/h1-12,18-19H,13-14H2,(H2,27,31)(H,28,29). The Balaban J connectivity index is 1.69. The van der Waals surface area contributed by atoms with Crippen molar-refractivity contribution in [1.29, 1.82) is 0 Å². The molecule has 34 heavy (non-hydrogen) atoms. The summed E-state index contributed by atoms with van der Waals surface area (Å²) in [5.41, 5.74) is 5.19. The van der Waals surface area contributed by atoms with E-state index in [1.165, 1.54) is 28.6 Å². The number of halogens is 3. The van der Waals surface area contributed by atoms with Crippen molar-refractivity contribution >= 4 is 21.7 Å². The molecule has 7 nitrogen and oxygen atoms in total. The van der Waals surface area contributed by atoms with Crippen LogP contribution in [0.1, 0.15) is 27.4 Å². The van der Waals surface area contributed by atoms with Gasteiger partial charge in [-0.3, -0.25) is 4.79 Å². The van der Waals surface area contributed by atoms with Gasteiger partial charge in [0, 0.05) is 31.2 Å². The van der Waals surface area contributed by atoms with Crippen molar-refractivity contribution in [3.63, 3.8) is 0 Å². The molecule has 2 aromatic carbocycles. The predicted molar refractivity (Wildman–Crippen MR) is 120 cm³/mol. The number of nitrogens with zero attached hydrogens (tertiary/aromatic N) is 2. The molecule has 2 atom stereocenters. The molecule has 0 bridgehead atoms. The van der Waals surface area contributed by atoms with Gasteiger partial charge in [-0.15, -0.1) is 0 Å². The van der Waals surface area contributed by atoms with Crippen LogP contribution in [0, 0.1) is 0 Å². The van der Waals surface area contributed by atoms with Crippen LogP contribution in [-0.2, 0) is 16.2 Å². The number of primary amides is 1. The van der Waals surface area contributed by atoms with Crippen LogP contribution in [0.3, 0.4) is 0 Å². The van der Waals surface area contributed by atoms with Gasteiger partial charge in [-0.2, -0.15) is 17.5 Å². The fourth-order valence-corrected chi connectivity index (χ4v) is 5.75. The van der Waals surface area contributed by atoms with Crippen molar-refractivity contribution in [2.45, 2.75) is 23.0 Å². The number of nitrogens with one attached hydrogen (secondary N) is 1. The van der Waals surface area contributed by atoms with E-state index < -0.39 is 33.7 Å². The van der Waals surface area contributed by atoms with E-state index in [1.807, 2.05) is 18.2 Å². The highest BCUT2D eigenvalue weighted by Crippen LogP contribution is 2.35. The van der Waals surface area contributed by atoms with E-state index >= 15 is 0 Å². The van der Waals surface area contributed by atoms with E-state index in [1.54, 1.807) is 12.1 Å². The number of nitrogens with two attached hydrogens (primary N) is 1. The third kappa shape index (κ3) is 4.75. The van der Waals surface area contributed by atoms with E-state index in [-0.39, 0.29) is 35.3 Å². The molecule has 178 valence electrons. The van der Waals surface area contributed by atoms with E-state index in [0.29, 0.717) is 0 Å². The Hall–Kier alpha value is -3.44. The number of alkyl halides is 3. The largest absolute Gasteiger partial charge is 0.416 e. The number of amides is 1. The molecule has 1 saturated heterocycles. The summed E-state index contributed by atoms with van der Waals surface area (Å²) in [6, 6.07) is 15.9. The first-order chi connectivity index (χ1) is 16.1. The average Bonchev–Trinajstić information content (AvgIpc) is 3.24. The van der Waals surface area contributed by atoms with Gasteiger partial charge < -0.3 is 11.1 Å². The zero-order valence-corrected chi connectivity index (χ0v) is 18.6. The highest BCUT2D eigenvalue weighted by Gasteiger charge is 2.41. The Morgan fingerprint density at radius 1 is 1.03 bits per heavy atom. The molecule has 11 heteroatoms. The number of carbonyl (C=O) groups is 1. The summed E-state index contributed by atoms with van der Waals surface area (Å²) in [5.74, 6) is -1.27. The van der Waals surface area contributed by atoms with Crippen LogP contribution in [0.4, 0.5) is 19.0 Å². The van der Waals surface area contributed by atoms with E-state index in [2.05, 4.69) is 10.3 Å². The Labute approximate surface area is 194 Å². The molecule has 2 heterocycles. The van der Waals surface area contributed by atoms with Crippen molar-refractivity contribution in [2.24, 2.45) is 5.73 Å². The fourth-order valence-electron chi connectivity index (χ4n) is 4.06. The fraction of sp³-hybridized carbons (Fsp3) is 0.217. The van der Waals surface area contributed by atoms with Crippen molar-refractivity contribution < 1.29 is 26.4 Å². The SMILES string of the molecule is NC(=O)c1ccccc1S(=O)(=O)N1CC(Nc2cc(C(F)(F)F)ccn2)C(c2ccccc2)C1. The van der Waals surface area contributed by atoms with Crippen molar-refractivity contribution in [3.8, 4) is 0 Å². The number of pyridine rings is 1. The first-order valence-corrected chi connectivity index (χ1v) is 11.7. The quantitative estimate of drug-likeness (QED) is 0.551. The van der Waals surface area contributed by atoms with Gasteiger partial charge in [-0.05, 0) is 29.8 Å². The number of carbonyl (C=O) groups excluding carboxylic acids is 1. The molecule has 1 aliphatic heterocycles. The summed E-state index contributed by atoms with van der Waals surface area (Å²) in [6.45, 7) is 0.00296. The number of aromatic nitrogens is 1. The maximum absolute atomic E-state index is 13.4. The molecule has 0 radical (unpaired) electrons. The molecule has 0 aliphatic carbocycles. The highest BCUT2D eigenvalue weighted by molar-refractivity contribution is 7.89. The Kier molecular flexibility index (Phi) is 6.32. The third-order valence-electron chi connectivity index (χ3n) is 5.70. The highest BCUT2D eigenvalue weighted by atomic mass is 32.2. The zero-order chi connectivity index (χ0) is 24.5. The van der Waals surface area contributed by atoms with Crippen LogP contribution in [0.5, 0.6) is 0 Å². The lowest BCUT2D eigenvalue weighted by atomic mass is 9.94. The lowest BCUT2D eigenvalue weighted by Gasteiger charge is -2.21. The topological polar surface area (TPSA) is 105 Å². The molecule has 3 aromatic rings. The van der Waals surface area contributed by atoms with Gasteiger partial charge in [-0.1, -0.05) is 42.5 Å². The molecular weight excluding hydrogens is 469 g/mol.